The lowest BCUT2D eigenvalue weighted by molar-refractivity contribution is 0.885. The number of hydrogen-bond acceptors (Lipinski definition) is 4. The zero-order valence-electron chi connectivity index (χ0n) is 10.4. The van der Waals surface area contributed by atoms with Crippen molar-refractivity contribution in [3.05, 3.63) is 46.7 Å². The molecular weight excluding hydrogens is 248 g/mol. The van der Waals surface area contributed by atoms with Crippen LogP contribution in [0.25, 0.3) is 0 Å². The van der Waals surface area contributed by atoms with Crippen LogP contribution in [0.4, 0.5) is 11.6 Å². The molecule has 0 spiro atoms. The van der Waals surface area contributed by atoms with E-state index in [1.807, 2.05) is 24.1 Å². The molecule has 0 amide bonds. The summed E-state index contributed by atoms with van der Waals surface area (Å²) in [5.74, 6) is 0.950. The quantitative estimate of drug-likeness (QED) is 0.924. The van der Waals surface area contributed by atoms with Gasteiger partial charge in [0.1, 0.15) is 17.2 Å². The van der Waals surface area contributed by atoms with E-state index in [4.69, 9.17) is 17.3 Å². The van der Waals surface area contributed by atoms with E-state index < -0.39 is 0 Å². The van der Waals surface area contributed by atoms with E-state index in [9.17, 15) is 0 Å². The van der Waals surface area contributed by atoms with Gasteiger partial charge in [-0.1, -0.05) is 35.9 Å². The number of benzene rings is 1. The van der Waals surface area contributed by atoms with Gasteiger partial charge in [0.15, 0.2) is 5.82 Å². The standard InChI is InChI=1S/C13H15ClN4/c1-9-5-3-4-6-10(9)7-18(2)13-11(14)12(15)16-8-17-13/h3-6,8H,7H2,1-2H3,(H2,15,16,17). The van der Waals surface area contributed by atoms with Crippen molar-refractivity contribution in [3.63, 3.8) is 0 Å². The van der Waals surface area contributed by atoms with Gasteiger partial charge in [-0.2, -0.15) is 0 Å². The van der Waals surface area contributed by atoms with E-state index in [-0.39, 0.29) is 0 Å². The van der Waals surface area contributed by atoms with Crippen LogP contribution in [0.5, 0.6) is 0 Å². The zero-order valence-corrected chi connectivity index (χ0v) is 11.1. The van der Waals surface area contributed by atoms with Gasteiger partial charge >= 0.3 is 0 Å². The van der Waals surface area contributed by atoms with Gasteiger partial charge in [-0.05, 0) is 18.1 Å². The summed E-state index contributed by atoms with van der Waals surface area (Å²) in [7, 11) is 1.93. The fraction of sp³-hybridized carbons (Fsp3) is 0.231. The first-order chi connectivity index (χ1) is 8.59. The predicted octanol–water partition coefficient (Wildman–Crippen LogP) is 2.66. The van der Waals surface area contributed by atoms with Gasteiger partial charge in [-0.3, -0.25) is 0 Å². The molecule has 0 aliphatic rings. The number of rotatable bonds is 3. The van der Waals surface area contributed by atoms with Crippen LogP contribution in [-0.2, 0) is 6.54 Å². The van der Waals surface area contributed by atoms with Crippen LogP contribution >= 0.6 is 11.6 Å². The van der Waals surface area contributed by atoms with Crippen molar-refractivity contribution in [1.29, 1.82) is 0 Å². The smallest absolute Gasteiger partial charge is 0.153 e. The minimum atomic E-state index is 0.304. The van der Waals surface area contributed by atoms with E-state index in [1.165, 1.54) is 17.5 Å². The van der Waals surface area contributed by atoms with Crippen molar-refractivity contribution in [3.8, 4) is 0 Å². The maximum Gasteiger partial charge on any atom is 0.153 e. The van der Waals surface area contributed by atoms with E-state index in [0.29, 0.717) is 16.7 Å². The summed E-state index contributed by atoms with van der Waals surface area (Å²) in [5, 5.41) is 0.397. The SMILES string of the molecule is Cc1ccccc1CN(C)c1ncnc(N)c1Cl. The van der Waals surface area contributed by atoms with Gasteiger partial charge in [0.25, 0.3) is 0 Å². The Labute approximate surface area is 111 Å². The minimum Gasteiger partial charge on any atom is -0.382 e. The van der Waals surface area contributed by atoms with Gasteiger partial charge in [-0.25, -0.2) is 9.97 Å². The van der Waals surface area contributed by atoms with Crippen molar-refractivity contribution in [1.82, 2.24) is 9.97 Å². The number of nitrogen functional groups attached to an aromatic ring is 1. The summed E-state index contributed by atoms with van der Waals surface area (Å²) in [6, 6.07) is 8.21. The second kappa shape index (κ2) is 5.23. The fourth-order valence-corrected chi connectivity index (χ4v) is 2.00. The molecule has 18 heavy (non-hydrogen) atoms. The largest absolute Gasteiger partial charge is 0.382 e. The monoisotopic (exact) mass is 262 g/mol. The number of nitrogens with zero attached hydrogens (tertiary/aromatic N) is 3. The molecule has 0 unspecified atom stereocenters. The third-order valence-electron chi connectivity index (χ3n) is 2.83. The summed E-state index contributed by atoms with van der Waals surface area (Å²) in [6.45, 7) is 2.81. The van der Waals surface area contributed by atoms with E-state index >= 15 is 0 Å². The van der Waals surface area contributed by atoms with Crippen molar-refractivity contribution >= 4 is 23.2 Å². The van der Waals surface area contributed by atoms with Crippen molar-refractivity contribution in [2.45, 2.75) is 13.5 Å². The molecule has 0 radical (unpaired) electrons. The van der Waals surface area contributed by atoms with Gasteiger partial charge in [-0.15, -0.1) is 0 Å². The third kappa shape index (κ3) is 2.54. The van der Waals surface area contributed by atoms with E-state index in [0.717, 1.165) is 6.54 Å². The Balaban J connectivity index is 2.25. The van der Waals surface area contributed by atoms with Gasteiger partial charge in [0.2, 0.25) is 0 Å². The maximum atomic E-state index is 6.10. The summed E-state index contributed by atoms with van der Waals surface area (Å²) >= 11 is 6.10. The second-order valence-electron chi connectivity index (χ2n) is 4.18. The first-order valence-electron chi connectivity index (χ1n) is 5.61. The van der Waals surface area contributed by atoms with Crippen LogP contribution < -0.4 is 10.6 Å². The van der Waals surface area contributed by atoms with E-state index in [2.05, 4.69) is 29.0 Å². The Morgan fingerprint density at radius 1 is 1.28 bits per heavy atom. The molecule has 1 aromatic carbocycles. The summed E-state index contributed by atoms with van der Waals surface area (Å²) in [5.41, 5.74) is 8.14. The van der Waals surface area contributed by atoms with Crippen LogP contribution in [0.1, 0.15) is 11.1 Å². The zero-order chi connectivity index (χ0) is 13.1. The normalized spacial score (nSPS) is 10.4. The summed E-state index contributed by atoms with van der Waals surface area (Å²) in [6.07, 6.45) is 1.42. The van der Waals surface area contributed by atoms with Gasteiger partial charge < -0.3 is 10.6 Å². The Kier molecular flexibility index (Phi) is 3.67. The topological polar surface area (TPSA) is 55.0 Å². The number of hydrogen-bond donors (Lipinski definition) is 1. The minimum absolute atomic E-state index is 0.304. The van der Waals surface area contributed by atoms with Gasteiger partial charge in [0.05, 0.1) is 0 Å². The highest BCUT2D eigenvalue weighted by atomic mass is 35.5. The molecule has 0 bridgehead atoms. The van der Waals surface area contributed by atoms with Crippen LogP contribution in [0.15, 0.2) is 30.6 Å². The molecule has 2 N–H and O–H groups in total. The molecule has 1 aromatic heterocycles. The number of anilines is 2. The molecule has 4 nitrogen and oxygen atoms in total. The molecular formula is C13H15ClN4. The molecule has 0 atom stereocenters. The molecule has 0 aliphatic carbocycles. The Bertz CT molecular complexity index is 556. The lowest BCUT2D eigenvalue weighted by atomic mass is 10.1. The lowest BCUT2D eigenvalue weighted by Crippen LogP contribution is -2.19. The van der Waals surface area contributed by atoms with Crippen LogP contribution in [0.2, 0.25) is 5.02 Å². The first-order valence-corrected chi connectivity index (χ1v) is 5.99. The van der Waals surface area contributed by atoms with Crippen molar-refractivity contribution in [2.75, 3.05) is 17.7 Å². The molecule has 94 valence electrons. The van der Waals surface area contributed by atoms with Crippen LogP contribution in [-0.4, -0.2) is 17.0 Å². The highest BCUT2D eigenvalue weighted by Gasteiger charge is 2.12. The molecule has 5 heteroatoms. The molecule has 0 saturated heterocycles. The summed E-state index contributed by atoms with van der Waals surface area (Å²) in [4.78, 5) is 9.98. The lowest BCUT2D eigenvalue weighted by Gasteiger charge is -2.20. The molecule has 2 rings (SSSR count). The second-order valence-corrected chi connectivity index (χ2v) is 4.56. The molecule has 0 fully saturated rings. The molecule has 1 heterocycles. The Hall–Kier alpha value is -1.81. The third-order valence-corrected chi connectivity index (χ3v) is 3.19. The average Bonchev–Trinajstić information content (AvgIpc) is 2.35. The molecule has 2 aromatic rings. The first kappa shape index (κ1) is 12.6. The Morgan fingerprint density at radius 2 is 2.00 bits per heavy atom. The van der Waals surface area contributed by atoms with Crippen LogP contribution in [0, 0.1) is 6.92 Å². The van der Waals surface area contributed by atoms with Gasteiger partial charge in [0, 0.05) is 13.6 Å². The van der Waals surface area contributed by atoms with Crippen molar-refractivity contribution in [2.24, 2.45) is 0 Å². The molecule has 0 aliphatic heterocycles. The number of aryl methyl sites for hydroxylation is 1. The highest BCUT2D eigenvalue weighted by molar-refractivity contribution is 6.35. The Morgan fingerprint density at radius 3 is 2.72 bits per heavy atom. The predicted molar refractivity (Wildman–Crippen MR) is 74.7 cm³/mol. The number of halogens is 1. The maximum absolute atomic E-state index is 6.10. The average molecular weight is 263 g/mol. The van der Waals surface area contributed by atoms with E-state index in [1.54, 1.807) is 0 Å². The highest BCUT2D eigenvalue weighted by Crippen LogP contribution is 2.27. The van der Waals surface area contributed by atoms with Crippen LogP contribution in [0.3, 0.4) is 0 Å². The molecule has 0 saturated carbocycles. The fourth-order valence-electron chi connectivity index (χ4n) is 1.76. The number of aromatic nitrogens is 2. The summed E-state index contributed by atoms with van der Waals surface area (Å²) < 4.78 is 0. The van der Waals surface area contributed by atoms with Crippen molar-refractivity contribution < 1.29 is 0 Å². The number of nitrogens with two attached hydrogens (primary N) is 1.